The zero-order valence-electron chi connectivity index (χ0n) is 15.2. The van der Waals surface area contributed by atoms with Crippen molar-refractivity contribution < 1.29 is 14.3 Å². The van der Waals surface area contributed by atoms with Crippen molar-refractivity contribution in [1.82, 2.24) is 20.2 Å². The van der Waals surface area contributed by atoms with E-state index in [1.54, 1.807) is 30.0 Å². The lowest BCUT2D eigenvalue weighted by Crippen LogP contribution is -2.15. The number of rotatable bonds is 7. The topological polar surface area (TPSA) is 91.2 Å². The summed E-state index contributed by atoms with van der Waals surface area (Å²) >= 11 is 1.26. The molecule has 0 saturated carbocycles. The van der Waals surface area contributed by atoms with Crippen LogP contribution in [0.4, 0.5) is 5.69 Å². The lowest BCUT2D eigenvalue weighted by Gasteiger charge is -2.11. The molecule has 3 rings (SSSR count). The van der Waals surface area contributed by atoms with E-state index in [4.69, 9.17) is 9.47 Å². The largest absolute Gasteiger partial charge is 0.497 e. The standard InChI is InChI=1S/C18H19N5O3S/c1-12-6-4-5-7-15(12)23-18(20-21-22-23)27-11-17(24)19-14-9-8-13(25-2)10-16(14)26-3/h4-10H,11H2,1-3H3,(H,19,24). The summed E-state index contributed by atoms with van der Waals surface area (Å²) in [6, 6.07) is 13.0. The molecule has 1 aromatic heterocycles. The second-order valence-electron chi connectivity index (χ2n) is 5.56. The molecule has 9 heteroatoms. The van der Waals surface area contributed by atoms with E-state index in [1.807, 2.05) is 31.2 Å². The van der Waals surface area contributed by atoms with Crippen LogP contribution in [0.5, 0.6) is 11.5 Å². The van der Waals surface area contributed by atoms with Gasteiger partial charge in [-0.2, -0.15) is 4.68 Å². The monoisotopic (exact) mass is 385 g/mol. The molecule has 0 aliphatic rings. The molecule has 0 aliphatic heterocycles. The molecule has 1 N–H and O–H groups in total. The molecule has 0 atom stereocenters. The van der Waals surface area contributed by atoms with E-state index in [0.29, 0.717) is 22.3 Å². The number of para-hydroxylation sites is 1. The Morgan fingerprint density at radius 3 is 2.74 bits per heavy atom. The fourth-order valence-electron chi connectivity index (χ4n) is 2.44. The normalized spacial score (nSPS) is 10.5. The number of ether oxygens (including phenoxy) is 2. The Morgan fingerprint density at radius 2 is 2.00 bits per heavy atom. The van der Waals surface area contributed by atoms with E-state index >= 15 is 0 Å². The second kappa shape index (κ2) is 8.54. The fourth-order valence-corrected chi connectivity index (χ4v) is 3.12. The van der Waals surface area contributed by atoms with Crippen LogP contribution in [-0.4, -0.2) is 46.1 Å². The molecule has 2 aromatic carbocycles. The van der Waals surface area contributed by atoms with Crippen LogP contribution in [0, 0.1) is 6.92 Å². The van der Waals surface area contributed by atoms with Gasteiger partial charge in [-0.25, -0.2) is 0 Å². The molecule has 1 amide bonds. The summed E-state index contributed by atoms with van der Waals surface area (Å²) in [6.07, 6.45) is 0. The first-order valence-electron chi connectivity index (χ1n) is 8.11. The van der Waals surface area contributed by atoms with E-state index in [9.17, 15) is 4.79 Å². The Bertz CT molecular complexity index is 944. The van der Waals surface area contributed by atoms with Gasteiger partial charge in [-0.1, -0.05) is 30.0 Å². The molecule has 8 nitrogen and oxygen atoms in total. The summed E-state index contributed by atoms with van der Waals surface area (Å²) in [4.78, 5) is 12.3. The molecule has 0 radical (unpaired) electrons. The van der Waals surface area contributed by atoms with E-state index in [2.05, 4.69) is 20.8 Å². The summed E-state index contributed by atoms with van der Waals surface area (Å²) < 4.78 is 12.1. The van der Waals surface area contributed by atoms with Crippen LogP contribution in [0.25, 0.3) is 5.69 Å². The lowest BCUT2D eigenvalue weighted by atomic mass is 10.2. The number of hydrogen-bond acceptors (Lipinski definition) is 7. The van der Waals surface area contributed by atoms with Crippen LogP contribution in [0.15, 0.2) is 47.6 Å². The number of nitrogens with zero attached hydrogens (tertiary/aromatic N) is 4. The van der Waals surface area contributed by atoms with E-state index < -0.39 is 0 Å². The highest BCUT2D eigenvalue weighted by molar-refractivity contribution is 7.99. The maximum Gasteiger partial charge on any atom is 0.234 e. The van der Waals surface area contributed by atoms with Crippen molar-refractivity contribution in [2.45, 2.75) is 12.1 Å². The van der Waals surface area contributed by atoms with Gasteiger partial charge in [0.05, 0.1) is 31.3 Å². The maximum atomic E-state index is 12.3. The van der Waals surface area contributed by atoms with Crippen molar-refractivity contribution >= 4 is 23.4 Å². The van der Waals surface area contributed by atoms with Crippen molar-refractivity contribution in [3.05, 3.63) is 48.0 Å². The Labute approximate surface area is 160 Å². The minimum Gasteiger partial charge on any atom is -0.497 e. The first kappa shape index (κ1) is 18.7. The van der Waals surface area contributed by atoms with Crippen molar-refractivity contribution in [3.8, 4) is 17.2 Å². The van der Waals surface area contributed by atoms with Gasteiger partial charge in [0.15, 0.2) is 0 Å². The van der Waals surface area contributed by atoms with Gasteiger partial charge >= 0.3 is 0 Å². The zero-order valence-corrected chi connectivity index (χ0v) is 16.0. The van der Waals surface area contributed by atoms with Crippen LogP contribution < -0.4 is 14.8 Å². The minimum atomic E-state index is -0.192. The van der Waals surface area contributed by atoms with Crippen LogP contribution >= 0.6 is 11.8 Å². The smallest absolute Gasteiger partial charge is 0.234 e. The predicted octanol–water partition coefficient (Wildman–Crippen LogP) is 2.72. The first-order valence-corrected chi connectivity index (χ1v) is 9.10. The third kappa shape index (κ3) is 4.37. The fraction of sp³-hybridized carbons (Fsp3) is 0.222. The van der Waals surface area contributed by atoms with Crippen molar-refractivity contribution in [1.29, 1.82) is 0 Å². The lowest BCUT2D eigenvalue weighted by molar-refractivity contribution is -0.113. The minimum absolute atomic E-state index is 0.154. The first-order chi connectivity index (χ1) is 13.1. The third-order valence-electron chi connectivity index (χ3n) is 3.80. The highest BCUT2D eigenvalue weighted by atomic mass is 32.2. The molecular weight excluding hydrogens is 366 g/mol. The number of amides is 1. The second-order valence-corrected chi connectivity index (χ2v) is 6.51. The average molecular weight is 385 g/mol. The molecule has 27 heavy (non-hydrogen) atoms. The Morgan fingerprint density at radius 1 is 1.19 bits per heavy atom. The Kier molecular flexibility index (Phi) is 5.92. The Hall–Kier alpha value is -3.07. The molecule has 0 unspecified atom stereocenters. The molecule has 0 aliphatic carbocycles. The van der Waals surface area contributed by atoms with E-state index in [-0.39, 0.29) is 11.7 Å². The highest BCUT2D eigenvalue weighted by Gasteiger charge is 2.14. The third-order valence-corrected chi connectivity index (χ3v) is 4.72. The van der Waals surface area contributed by atoms with Gasteiger partial charge in [0, 0.05) is 6.07 Å². The van der Waals surface area contributed by atoms with Crippen molar-refractivity contribution in [2.24, 2.45) is 0 Å². The van der Waals surface area contributed by atoms with Crippen LogP contribution in [0.1, 0.15) is 5.56 Å². The Balaban J connectivity index is 1.68. The molecule has 0 bridgehead atoms. The van der Waals surface area contributed by atoms with Crippen molar-refractivity contribution in [3.63, 3.8) is 0 Å². The van der Waals surface area contributed by atoms with Gasteiger partial charge in [0.1, 0.15) is 11.5 Å². The SMILES string of the molecule is COc1ccc(NC(=O)CSc2nnnn2-c2ccccc2C)c(OC)c1. The number of nitrogens with one attached hydrogen (secondary N) is 1. The summed E-state index contributed by atoms with van der Waals surface area (Å²) in [5.41, 5.74) is 2.49. The van der Waals surface area contributed by atoms with Gasteiger partial charge in [-0.05, 0) is 41.1 Å². The molecule has 140 valence electrons. The summed E-state index contributed by atoms with van der Waals surface area (Å²) in [5.74, 6) is 1.14. The van der Waals surface area contributed by atoms with Crippen LogP contribution in [0.3, 0.4) is 0 Å². The molecule has 1 heterocycles. The quantitative estimate of drug-likeness (QED) is 0.625. The maximum absolute atomic E-state index is 12.3. The number of hydrogen-bond donors (Lipinski definition) is 1. The molecular formula is C18H19N5O3S. The van der Waals surface area contributed by atoms with Gasteiger partial charge in [-0.3, -0.25) is 4.79 Å². The van der Waals surface area contributed by atoms with Gasteiger partial charge in [0.2, 0.25) is 11.1 Å². The number of aromatic nitrogens is 4. The molecule has 3 aromatic rings. The number of benzene rings is 2. The van der Waals surface area contributed by atoms with E-state index in [0.717, 1.165) is 11.3 Å². The number of carbonyl (C=O) groups is 1. The summed E-state index contributed by atoms with van der Waals surface area (Å²) in [5, 5.41) is 15.1. The van der Waals surface area contributed by atoms with Crippen molar-refractivity contribution in [2.75, 3.05) is 25.3 Å². The number of aryl methyl sites for hydroxylation is 1. The van der Waals surface area contributed by atoms with Crippen LogP contribution in [-0.2, 0) is 4.79 Å². The number of methoxy groups -OCH3 is 2. The van der Waals surface area contributed by atoms with Gasteiger partial charge in [0.25, 0.3) is 0 Å². The predicted molar refractivity (Wildman–Crippen MR) is 103 cm³/mol. The molecule has 0 fully saturated rings. The summed E-state index contributed by atoms with van der Waals surface area (Å²) in [7, 11) is 3.11. The number of thioether (sulfide) groups is 1. The van der Waals surface area contributed by atoms with E-state index in [1.165, 1.54) is 18.9 Å². The average Bonchev–Trinajstić information content (AvgIpc) is 3.15. The molecule has 0 spiro atoms. The summed E-state index contributed by atoms with van der Waals surface area (Å²) in [6.45, 7) is 1.98. The number of tetrazole rings is 1. The zero-order chi connectivity index (χ0) is 19.2. The van der Waals surface area contributed by atoms with Gasteiger partial charge in [-0.15, -0.1) is 5.10 Å². The highest BCUT2D eigenvalue weighted by Crippen LogP contribution is 2.29. The van der Waals surface area contributed by atoms with Gasteiger partial charge < -0.3 is 14.8 Å². The van der Waals surface area contributed by atoms with Crippen LogP contribution in [0.2, 0.25) is 0 Å². The number of carbonyl (C=O) groups excluding carboxylic acids is 1. The number of anilines is 1. The molecule has 0 saturated heterocycles.